The number of thiazole rings is 1. The van der Waals surface area contributed by atoms with E-state index in [0.29, 0.717) is 10.9 Å². The largest absolute Gasteiger partial charge is 0.494 e. The van der Waals surface area contributed by atoms with Crippen molar-refractivity contribution in [2.45, 2.75) is 17.4 Å². The molecule has 1 amide bonds. The van der Waals surface area contributed by atoms with Crippen molar-refractivity contribution < 1.29 is 22.7 Å². The molecule has 0 unspecified atom stereocenters. The van der Waals surface area contributed by atoms with Crippen molar-refractivity contribution in [1.82, 2.24) is 4.98 Å². The highest BCUT2D eigenvalue weighted by Crippen LogP contribution is 2.36. The smallest absolute Gasteiger partial charge is 0.417 e. The molecule has 0 saturated heterocycles. The quantitative estimate of drug-likeness (QED) is 0.465. The topological polar surface area (TPSA) is 51.2 Å². The SMILES string of the molecule is CCOc1ccc2nc(SCC(=O)Nc3ccc(Cl)c(C(F)(F)F)c3)sc2c1. The van der Waals surface area contributed by atoms with Crippen molar-refractivity contribution in [1.29, 1.82) is 0 Å². The van der Waals surface area contributed by atoms with E-state index in [1.807, 2.05) is 25.1 Å². The van der Waals surface area contributed by atoms with Crippen molar-refractivity contribution >= 4 is 56.5 Å². The molecule has 0 aliphatic carbocycles. The minimum Gasteiger partial charge on any atom is -0.494 e. The number of ether oxygens (including phenoxy) is 1. The van der Waals surface area contributed by atoms with Crippen LogP contribution in [0.5, 0.6) is 5.75 Å². The summed E-state index contributed by atoms with van der Waals surface area (Å²) in [6.07, 6.45) is -4.59. The van der Waals surface area contributed by atoms with Gasteiger partial charge in [0.05, 0.1) is 33.2 Å². The first-order valence-electron chi connectivity index (χ1n) is 8.09. The van der Waals surface area contributed by atoms with Crippen molar-refractivity contribution in [3.8, 4) is 5.75 Å². The maximum atomic E-state index is 12.9. The lowest BCUT2D eigenvalue weighted by Crippen LogP contribution is -2.15. The highest BCUT2D eigenvalue weighted by Gasteiger charge is 2.33. The van der Waals surface area contributed by atoms with Gasteiger partial charge in [-0.05, 0) is 43.3 Å². The number of hydrogen-bond acceptors (Lipinski definition) is 5. The zero-order chi connectivity index (χ0) is 20.3. The number of halogens is 4. The molecule has 2 aromatic carbocycles. The number of nitrogens with one attached hydrogen (secondary N) is 1. The van der Waals surface area contributed by atoms with Crippen LogP contribution in [0.1, 0.15) is 12.5 Å². The van der Waals surface area contributed by atoms with Crippen LogP contribution >= 0.6 is 34.7 Å². The number of nitrogens with zero attached hydrogens (tertiary/aromatic N) is 1. The Hall–Kier alpha value is -1.97. The van der Waals surface area contributed by atoms with E-state index in [1.165, 1.54) is 29.2 Å². The van der Waals surface area contributed by atoms with Crippen molar-refractivity contribution in [3.05, 3.63) is 47.0 Å². The maximum Gasteiger partial charge on any atom is 0.417 e. The molecule has 148 valence electrons. The number of aromatic nitrogens is 1. The van der Waals surface area contributed by atoms with Gasteiger partial charge in [0.15, 0.2) is 4.34 Å². The van der Waals surface area contributed by atoms with E-state index in [4.69, 9.17) is 16.3 Å². The number of carbonyl (C=O) groups excluding carboxylic acids is 1. The first kappa shape index (κ1) is 20.8. The van der Waals surface area contributed by atoms with E-state index in [2.05, 4.69) is 10.3 Å². The molecule has 1 N–H and O–H groups in total. The molecule has 0 radical (unpaired) electrons. The number of alkyl halides is 3. The zero-order valence-electron chi connectivity index (χ0n) is 14.5. The third-order valence-corrected chi connectivity index (χ3v) is 6.02. The van der Waals surface area contributed by atoms with Gasteiger partial charge >= 0.3 is 6.18 Å². The molecule has 3 aromatic rings. The summed E-state index contributed by atoms with van der Waals surface area (Å²) in [6.45, 7) is 2.46. The number of fused-ring (bicyclic) bond motifs is 1. The van der Waals surface area contributed by atoms with E-state index in [0.717, 1.165) is 28.1 Å². The lowest BCUT2D eigenvalue weighted by molar-refractivity contribution is -0.137. The number of hydrogen-bond donors (Lipinski definition) is 1. The summed E-state index contributed by atoms with van der Waals surface area (Å²) in [5.74, 6) is 0.327. The second-order valence-corrected chi connectivity index (χ2v) is 8.23. The summed E-state index contributed by atoms with van der Waals surface area (Å²) < 4.78 is 45.8. The molecule has 0 bridgehead atoms. The van der Waals surface area contributed by atoms with Crippen LogP contribution in [0.4, 0.5) is 18.9 Å². The molecule has 4 nitrogen and oxygen atoms in total. The minimum absolute atomic E-state index is 0.0160. The molecular weight excluding hydrogens is 433 g/mol. The second-order valence-electron chi connectivity index (χ2n) is 5.57. The molecule has 0 atom stereocenters. The number of benzene rings is 2. The first-order valence-corrected chi connectivity index (χ1v) is 10.3. The van der Waals surface area contributed by atoms with Crippen molar-refractivity contribution in [2.75, 3.05) is 17.7 Å². The number of carbonyl (C=O) groups is 1. The fourth-order valence-electron chi connectivity index (χ4n) is 2.35. The van der Waals surface area contributed by atoms with E-state index >= 15 is 0 Å². The van der Waals surface area contributed by atoms with Gasteiger partial charge in [-0.3, -0.25) is 4.79 Å². The number of amides is 1. The lowest BCUT2D eigenvalue weighted by Gasteiger charge is -2.11. The van der Waals surface area contributed by atoms with Crippen LogP contribution in [0, 0.1) is 0 Å². The number of anilines is 1. The first-order chi connectivity index (χ1) is 13.3. The number of thioether (sulfide) groups is 1. The van der Waals surface area contributed by atoms with E-state index in [-0.39, 0.29) is 11.4 Å². The summed E-state index contributed by atoms with van der Waals surface area (Å²) in [5.41, 5.74) is -0.159. The van der Waals surface area contributed by atoms with Crippen LogP contribution in [0.3, 0.4) is 0 Å². The summed E-state index contributed by atoms with van der Waals surface area (Å²) in [6, 6.07) is 8.80. The Morgan fingerprint density at radius 1 is 1.29 bits per heavy atom. The third-order valence-electron chi connectivity index (χ3n) is 3.53. The van der Waals surface area contributed by atoms with E-state index in [9.17, 15) is 18.0 Å². The van der Waals surface area contributed by atoms with Crippen LogP contribution < -0.4 is 10.1 Å². The van der Waals surface area contributed by atoms with Crippen LogP contribution in [0.15, 0.2) is 40.7 Å². The molecule has 0 aliphatic heterocycles. The Morgan fingerprint density at radius 2 is 2.07 bits per heavy atom. The fourth-order valence-corrected chi connectivity index (χ4v) is 4.47. The number of rotatable bonds is 6. The average Bonchev–Trinajstić information content (AvgIpc) is 3.03. The Kier molecular flexibility index (Phi) is 6.36. The molecule has 0 aliphatic rings. The molecule has 0 spiro atoms. The van der Waals surface area contributed by atoms with E-state index < -0.39 is 22.7 Å². The van der Waals surface area contributed by atoms with Crippen LogP contribution in [0.2, 0.25) is 5.02 Å². The van der Waals surface area contributed by atoms with E-state index in [1.54, 1.807) is 0 Å². The van der Waals surface area contributed by atoms with Crippen LogP contribution in [-0.2, 0) is 11.0 Å². The molecular formula is C18H14ClF3N2O2S2. The van der Waals surface area contributed by atoms with Crippen molar-refractivity contribution in [2.24, 2.45) is 0 Å². The molecule has 28 heavy (non-hydrogen) atoms. The summed E-state index contributed by atoms with van der Waals surface area (Å²) in [4.78, 5) is 16.5. The highest BCUT2D eigenvalue weighted by molar-refractivity contribution is 8.01. The molecule has 1 aromatic heterocycles. The average molecular weight is 447 g/mol. The molecule has 0 fully saturated rings. The third kappa shape index (κ3) is 5.09. The summed E-state index contributed by atoms with van der Waals surface area (Å²) in [7, 11) is 0. The second kappa shape index (κ2) is 8.59. The molecule has 0 saturated carbocycles. The molecule has 10 heteroatoms. The Morgan fingerprint density at radius 3 is 2.79 bits per heavy atom. The predicted octanol–water partition coefficient (Wildman–Crippen LogP) is 6.10. The van der Waals surface area contributed by atoms with Gasteiger partial charge in [-0.1, -0.05) is 23.4 Å². The normalized spacial score (nSPS) is 11.6. The summed E-state index contributed by atoms with van der Waals surface area (Å²) in [5, 5.41) is 2.03. The minimum atomic E-state index is -4.59. The fraction of sp³-hybridized carbons (Fsp3) is 0.222. The Balaban J connectivity index is 1.64. The molecule has 1 heterocycles. The Labute approximate surface area is 172 Å². The predicted molar refractivity (Wildman–Crippen MR) is 107 cm³/mol. The van der Waals surface area contributed by atoms with Gasteiger partial charge in [0, 0.05) is 5.69 Å². The van der Waals surface area contributed by atoms with Gasteiger partial charge in [0.25, 0.3) is 0 Å². The van der Waals surface area contributed by atoms with Gasteiger partial charge < -0.3 is 10.1 Å². The Bertz CT molecular complexity index is 1010. The van der Waals surface area contributed by atoms with Gasteiger partial charge in [-0.25, -0.2) is 4.98 Å². The summed E-state index contributed by atoms with van der Waals surface area (Å²) >= 11 is 8.21. The standard InChI is InChI=1S/C18H14ClF3N2O2S2/c1-2-26-11-4-6-14-15(8-11)28-17(24-14)27-9-16(25)23-10-3-5-13(19)12(7-10)18(20,21)22/h3-8H,2,9H2,1H3,(H,23,25). The van der Waals surface area contributed by atoms with Gasteiger partial charge in [0.1, 0.15) is 5.75 Å². The van der Waals surface area contributed by atoms with Crippen LogP contribution in [-0.4, -0.2) is 23.3 Å². The highest BCUT2D eigenvalue weighted by atomic mass is 35.5. The lowest BCUT2D eigenvalue weighted by atomic mass is 10.2. The molecule has 3 rings (SSSR count). The van der Waals surface area contributed by atoms with Gasteiger partial charge in [0.2, 0.25) is 5.91 Å². The maximum absolute atomic E-state index is 12.9. The monoisotopic (exact) mass is 446 g/mol. The van der Waals surface area contributed by atoms with Gasteiger partial charge in [-0.2, -0.15) is 13.2 Å². The van der Waals surface area contributed by atoms with Crippen molar-refractivity contribution in [3.63, 3.8) is 0 Å². The van der Waals surface area contributed by atoms with Crippen LogP contribution in [0.25, 0.3) is 10.2 Å². The van der Waals surface area contributed by atoms with Gasteiger partial charge in [-0.15, -0.1) is 11.3 Å². The zero-order valence-corrected chi connectivity index (χ0v) is 16.9.